The maximum atomic E-state index is 13.1. The Morgan fingerprint density at radius 3 is 2.78 bits per heavy atom. The summed E-state index contributed by atoms with van der Waals surface area (Å²) in [4.78, 5) is 11.1. The average Bonchev–Trinajstić information content (AvgIpc) is 2.48. The molecular weight excluding hydrogens is 323 g/mol. The fraction of sp³-hybridized carbons (Fsp3) is 0.467. The standard InChI is InChI=1S/C15H17FN2O4S/c1-10-2-3-11(15(19)20)8-18(10)23(21,22)9-12-4-5-14(16)6-13(12)7-17/h4-6,10-11H,2-3,8-9H2,1H3,(H,19,20). The van der Waals surface area contributed by atoms with E-state index in [1.54, 1.807) is 13.0 Å². The van der Waals surface area contributed by atoms with Gasteiger partial charge in [0.2, 0.25) is 10.0 Å². The van der Waals surface area contributed by atoms with Gasteiger partial charge in [0.15, 0.2) is 0 Å². The second-order valence-corrected chi connectivity index (χ2v) is 7.62. The molecule has 1 aromatic carbocycles. The molecule has 1 aliphatic heterocycles. The maximum absolute atomic E-state index is 13.1. The van der Waals surface area contributed by atoms with Crippen LogP contribution in [-0.2, 0) is 20.6 Å². The topological polar surface area (TPSA) is 98.5 Å². The number of rotatable bonds is 4. The van der Waals surface area contributed by atoms with Gasteiger partial charge in [0, 0.05) is 12.6 Å². The van der Waals surface area contributed by atoms with Gasteiger partial charge in [-0.1, -0.05) is 6.07 Å². The molecule has 8 heteroatoms. The number of nitriles is 1. The Hall–Kier alpha value is -1.98. The summed E-state index contributed by atoms with van der Waals surface area (Å²) >= 11 is 0. The summed E-state index contributed by atoms with van der Waals surface area (Å²) in [6.45, 7) is 1.65. The van der Waals surface area contributed by atoms with Crippen LogP contribution in [0.4, 0.5) is 4.39 Å². The molecule has 0 saturated carbocycles. The zero-order valence-electron chi connectivity index (χ0n) is 12.6. The van der Waals surface area contributed by atoms with Gasteiger partial charge in [-0.05, 0) is 37.5 Å². The van der Waals surface area contributed by atoms with Crippen molar-refractivity contribution >= 4 is 16.0 Å². The van der Waals surface area contributed by atoms with Crippen molar-refractivity contribution in [3.05, 3.63) is 35.1 Å². The first kappa shape index (κ1) is 17.4. The van der Waals surface area contributed by atoms with Crippen LogP contribution < -0.4 is 0 Å². The van der Waals surface area contributed by atoms with E-state index in [4.69, 9.17) is 10.4 Å². The van der Waals surface area contributed by atoms with E-state index in [0.29, 0.717) is 12.8 Å². The minimum atomic E-state index is -3.80. The molecule has 1 fully saturated rings. The van der Waals surface area contributed by atoms with Crippen LogP contribution in [0.25, 0.3) is 0 Å². The number of carbonyl (C=O) groups is 1. The van der Waals surface area contributed by atoms with Gasteiger partial charge in [0.05, 0.1) is 23.3 Å². The van der Waals surface area contributed by atoms with Crippen LogP contribution >= 0.6 is 0 Å². The van der Waals surface area contributed by atoms with E-state index in [0.717, 1.165) is 12.1 Å². The molecule has 0 bridgehead atoms. The number of carboxylic acids is 1. The third-order valence-electron chi connectivity index (χ3n) is 4.06. The van der Waals surface area contributed by atoms with E-state index in [1.165, 1.54) is 10.4 Å². The molecule has 0 spiro atoms. The van der Waals surface area contributed by atoms with E-state index in [-0.39, 0.29) is 23.7 Å². The molecule has 0 aliphatic carbocycles. The molecule has 1 heterocycles. The molecule has 0 aromatic heterocycles. The first-order valence-electron chi connectivity index (χ1n) is 7.15. The molecule has 2 atom stereocenters. The first-order valence-corrected chi connectivity index (χ1v) is 8.76. The van der Waals surface area contributed by atoms with Crippen LogP contribution in [0.3, 0.4) is 0 Å². The number of nitrogens with zero attached hydrogens (tertiary/aromatic N) is 2. The molecule has 2 rings (SSSR count). The monoisotopic (exact) mass is 340 g/mol. The number of halogens is 1. The average molecular weight is 340 g/mol. The van der Waals surface area contributed by atoms with Crippen LogP contribution in [-0.4, -0.2) is 36.4 Å². The predicted octanol–water partition coefficient (Wildman–Crippen LogP) is 1.71. The largest absolute Gasteiger partial charge is 0.481 e. The quantitative estimate of drug-likeness (QED) is 0.900. The number of piperidine rings is 1. The van der Waals surface area contributed by atoms with Crippen LogP contribution in [0.5, 0.6) is 0 Å². The summed E-state index contributed by atoms with van der Waals surface area (Å²) in [6.07, 6.45) is 0.896. The van der Waals surface area contributed by atoms with Gasteiger partial charge in [0.25, 0.3) is 0 Å². The van der Waals surface area contributed by atoms with Gasteiger partial charge in [0.1, 0.15) is 5.82 Å². The van der Waals surface area contributed by atoms with E-state index in [9.17, 15) is 17.6 Å². The lowest BCUT2D eigenvalue weighted by molar-refractivity contribution is -0.143. The van der Waals surface area contributed by atoms with Crippen molar-refractivity contribution in [1.29, 1.82) is 5.26 Å². The third kappa shape index (κ3) is 3.86. The highest BCUT2D eigenvalue weighted by Crippen LogP contribution is 2.27. The minimum absolute atomic E-state index is 0.0342. The van der Waals surface area contributed by atoms with E-state index in [2.05, 4.69) is 0 Å². The van der Waals surface area contributed by atoms with Gasteiger partial charge in [-0.2, -0.15) is 9.57 Å². The second kappa shape index (κ2) is 6.64. The summed E-state index contributed by atoms with van der Waals surface area (Å²) in [5, 5.41) is 18.1. The van der Waals surface area contributed by atoms with Gasteiger partial charge in [-0.25, -0.2) is 12.8 Å². The minimum Gasteiger partial charge on any atom is -0.481 e. The fourth-order valence-electron chi connectivity index (χ4n) is 2.72. The Balaban J connectivity index is 2.28. The number of benzene rings is 1. The van der Waals surface area contributed by atoms with Crippen molar-refractivity contribution in [3.8, 4) is 6.07 Å². The Morgan fingerprint density at radius 1 is 1.48 bits per heavy atom. The molecule has 0 radical (unpaired) electrons. The Kier molecular flexibility index (Phi) is 5.02. The van der Waals surface area contributed by atoms with Gasteiger partial charge in [-0.15, -0.1) is 0 Å². The summed E-state index contributed by atoms with van der Waals surface area (Å²) in [5.74, 6) is -2.81. The van der Waals surface area contributed by atoms with Crippen LogP contribution in [0, 0.1) is 23.1 Å². The van der Waals surface area contributed by atoms with E-state index < -0.39 is 33.5 Å². The second-order valence-electron chi connectivity index (χ2n) is 5.70. The number of hydrogen-bond acceptors (Lipinski definition) is 4. The Labute approximate surface area is 134 Å². The van der Waals surface area contributed by atoms with Crippen LogP contribution in [0.1, 0.15) is 30.9 Å². The van der Waals surface area contributed by atoms with Crippen molar-refractivity contribution in [2.24, 2.45) is 5.92 Å². The highest BCUT2D eigenvalue weighted by atomic mass is 32.2. The summed E-state index contributed by atoms with van der Waals surface area (Å²) in [7, 11) is -3.80. The molecular formula is C15H17FN2O4S. The maximum Gasteiger partial charge on any atom is 0.307 e. The molecule has 6 nitrogen and oxygen atoms in total. The number of aliphatic carboxylic acids is 1. The fourth-order valence-corrected chi connectivity index (χ4v) is 4.59. The molecule has 0 amide bonds. The van der Waals surface area contributed by atoms with Gasteiger partial charge in [-0.3, -0.25) is 4.79 Å². The normalized spacial score (nSPS) is 22.5. The Morgan fingerprint density at radius 2 is 2.17 bits per heavy atom. The number of carboxylic acid groups (broad SMARTS) is 1. The molecule has 23 heavy (non-hydrogen) atoms. The van der Waals surface area contributed by atoms with Gasteiger partial charge >= 0.3 is 5.97 Å². The molecule has 1 saturated heterocycles. The predicted molar refractivity (Wildman–Crippen MR) is 80.3 cm³/mol. The lowest BCUT2D eigenvalue weighted by Crippen LogP contribution is -2.47. The van der Waals surface area contributed by atoms with Crippen LogP contribution in [0.15, 0.2) is 18.2 Å². The lowest BCUT2D eigenvalue weighted by atomic mass is 9.96. The highest BCUT2D eigenvalue weighted by Gasteiger charge is 2.36. The zero-order chi connectivity index (χ0) is 17.2. The molecule has 1 aliphatic rings. The molecule has 124 valence electrons. The summed E-state index contributed by atoms with van der Waals surface area (Å²) in [6, 6.07) is 4.84. The van der Waals surface area contributed by atoms with Crippen molar-refractivity contribution in [3.63, 3.8) is 0 Å². The smallest absolute Gasteiger partial charge is 0.307 e. The highest BCUT2D eigenvalue weighted by molar-refractivity contribution is 7.88. The SMILES string of the molecule is CC1CCC(C(=O)O)CN1S(=O)(=O)Cc1ccc(F)cc1C#N. The van der Waals surface area contributed by atoms with E-state index in [1.807, 2.05) is 0 Å². The van der Waals surface area contributed by atoms with Crippen LogP contribution in [0.2, 0.25) is 0 Å². The van der Waals surface area contributed by atoms with Gasteiger partial charge < -0.3 is 5.11 Å². The first-order chi connectivity index (χ1) is 10.7. The zero-order valence-corrected chi connectivity index (χ0v) is 13.4. The summed E-state index contributed by atoms with van der Waals surface area (Å²) < 4.78 is 39.6. The Bertz CT molecular complexity index is 757. The number of hydrogen-bond donors (Lipinski definition) is 1. The third-order valence-corrected chi connectivity index (χ3v) is 5.96. The number of sulfonamides is 1. The molecule has 1 aromatic rings. The van der Waals surface area contributed by atoms with Crippen molar-refractivity contribution < 1.29 is 22.7 Å². The van der Waals surface area contributed by atoms with Crippen molar-refractivity contribution in [1.82, 2.24) is 4.31 Å². The van der Waals surface area contributed by atoms with Crippen molar-refractivity contribution in [2.45, 2.75) is 31.6 Å². The molecule has 2 unspecified atom stereocenters. The lowest BCUT2D eigenvalue weighted by Gasteiger charge is -2.35. The van der Waals surface area contributed by atoms with Crippen molar-refractivity contribution in [2.75, 3.05) is 6.54 Å². The molecule has 1 N–H and O–H groups in total. The van der Waals surface area contributed by atoms with E-state index >= 15 is 0 Å². The summed E-state index contributed by atoms with van der Waals surface area (Å²) in [5.41, 5.74) is 0.173.